The van der Waals surface area contributed by atoms with Crippen LogP contribution in [0.2, 0.25) is 5.02 Å². The van der Waals surface area contributed by atoms with Crippen molar-refractivity contribution in [2.24, 2.45) is 0 Å². The Morgan fingerprint density at radius 2 is 2.10 bits per heavy atom. The lowest BCUT2D eigenvalue weighted by atomic mass is 10.0. The first-order valence-electron chi connectivity index (χ1n) is 8.88. The summed E-state index contributed by atoms with van der Waals surface area (Å²) in [6.45, 7) is 0. The summed E-state index contributed by atoms with van der Waals surface area (Å²) in [4.78, 5) is 13.6. The molecule has 1 amide bonds. The third-order valence-electron chi connectivity index (χ3n) is 4.75. The fourth-order valence-corrected chi connectivity index (χ4v) is 4.16. The number of furan rings is 1. The van der Waals surface area contributed by atoms with Crippen molar-refractivity contribution >= 4 is 40.8 Å². The van der Waals surface area contributed by atoms with Crippen molar-refractivity contribution in [2.45, 2.75) is 29.6 Å². The zero-order chi connectivity index (χ0) is 21.5. The highest BCUT2D eigenvalue weighted by Crippen LogP contribution is 2.46. The van der Waals surface area contributed by atoms with Crippen LogP contribution in [-0.4, -0.2) is 28.1 Å². The summed E-state index contributed by atoms with van der Waals surface area (Å²) < 4.78 is 47.3. The van der Waals surface area contributed by atoms with E-state index in [9.17, 15) is 18.0 Å². The predicted molar refractivity (Wildman–Crippen MR) is 108 cm³/mol. The van der Waals surface area contributed by atoms with E-state index in [-0.39, 0.29) is 23.0 Å². The van der Waals surface area contributed by atoms with Crippen molar-refractivity contribution in [3.63, 3.8) is 0 Å². The molecule has 1 aromatic carbocycles. The standard InChI is InChI=1S/C19H16ClF3N4O2S/c1-30-13-7-3-2-5-10(13)25-18(28)16-15(20)17-24-11(12-6-4-8-29-12)9-14(19(21,22)23)27(17)26-16/h2-8,11,14,24H,9H2,1H3,(H,25,28)/t11-,14-/m1/s1. The molecule has 158 valence electrons. The average Bonchev–Trinajstić information content (AvgIpc) is 3.35. The van der Waals surface area contributed by atoms with E-state index in [1.165, 1.54) is 18.0 Å². The van der Waals surface area contributed by atoms with Crippen LogP contribution in [0.15, 0.2) is 52.0 Å². The van der Waals surface area contributed by atoms with Crippen molar-refractivity contribution in [3.05, 3.63) is 59.1 Å². The van der Waals surface area contributed by atoms with E-state index in [1.807, 2.05) is 18.4 Å². The normalized spacial score (nSPS) is 18.6. The number of aromatic nitrogens is 2. The lowest BCUT2D eigenvalue weighted by Gasteiger charge is -2.32. The van der Waals surface area contributed by atoms with Crippen LogP contribution in [-0.2, 0) is 0 Å². The largest absolute Gasteiger partial charge is 0.467 e. The molecule has 0 bridgehead atoms. The molecule has 1 aliphatic heterocycles. The number of hydrogen-bond donors (Lipinski definition) is 2. The molecule has 2 atom stereocenters. The monoisotopic (exact) mass is 456 g/mol. The van der Waals surface area contributed by atoms with Crippen LogP contribution >= 0.6 is 23.4 Å². The maximum absolute atomic E-state index is 13.8. The zero-order valence-corrected chi connectivity index (χ0v) is 17.1. The third-order valence-corrected chi connectivity index (χ3v) is 5.91. The van der Waals surface area contributed by atoms with Gasteiger partial charge in [0.25, 0.3) is 5.91 Å². The number of alkyl halides is 3. The van der Waals surface area contributed by atoms with Gasteiger partial charge in [0, 0.05) is 11.3 Å². The SMILES string of the molecule is CSc1ccccc1NC(=O)c1nn2c(c1Cl)N[C@@H](c1ccco1)C[C@@H]2C(F)(F)F. The van der Waals surface area contributed by atoms with E-state index in [0.717, 1.165) is 9.58 Å². The highest BCUT2D eigenvalue weighted by molar-refractivity contribution is 7.98. The van der Waals surface area contributed by atoms with Gasteiger partial charge in [-0.3, -0.25) is 4.79 Å². The molecule has 30 heavy (non-hydrogen) atoms. The quantitative estimate of drug-likeness (QED) is 0.488. The summed E-state index contributed by atoms with van der Waals surface area (Å²) in [5.41, 5.74) is 0.232. The van der Waals surface area contributed by atoms with Crippen molar-refractivity contribution in [1.29, 1.82) is 0 Å². The molecule has 0 fully saturated rings. The number of nitrogens with zero attached hydrogens (tertiary/aromatic N) is 2. The lowest BCUT2D eigenvalue weighted by Crippen LogP contribution is -2.35. The average molecular weight is 457 g/mol. The van der Waals surface area contributed by atoms with Crippen LogP contribution < -0.4 is 10.6 Å². The molecule has 2 N–H and O–H groups in total. The van der Waals surface area contributed by atoms with Gasteiger partial charge in [-0.1, -0.05) is 23.7 Å². The van der Waals surface area contributed by atoms with E-state index < -0.39 is 24.2 Å². The van der Waals surface area contributed by atoms with E-state index in [1.54, 1.807) is 24.3 Å². The van der Waals surface area contributed by atoms with Gasteiger partial charge in [0.05, 0.1) is 18.0 Å². The Balaban J connectivity index is 1.70. The highest BCUT2D eigenvalue weighted by atomic mass is 35.5. The van der Waals surface area contributed by atoms with Gasteiger partial charge in [-0.15, -0.1) is 11.8 Å². The number of fused-ring (bicyclic) bond motifs is 1. The third kappa shape index (κ3) is 3.77. The second-order valence-electron chi connectivity index (χ2n) is 6.62. The second-order valence-corrected chi connectivity index (χ2v) is 7.84. The Bertz CT molecular complexity index is 1070. The van der Waals surface area contributed by atoms with Crippen LogP contribution in [0.1, 0.15) is 34.8 Å². The minimum absolute atomic E-state index is 0.0741. The molecule has 6 nitrogen and oxygen atoms in total. The Morgan fingerprint density at radius 1 is 1.33 bits per heavy atom. The van der Waals surface area contributed by atoms with Crippen LogP contribution in [0.3, 0.4) is 0 Å². The van der Waals surface area contributed by atoms with Gasteiger partial charge in [0.1, 0.15) is 16.6 Å². The molecule has 4 rings (SSSR count). The van der Waals surface area contributed by atoms with Gasteiger partial charge in [0.2, 0.25) is 0 Å². The van der Waals surface area contributed by atoms with E-state index in [4.69, 9.17) is 16.0 Å². The van der Waals surface area contributed by atoms with Crippen molar-refractivity contribution < 1.29 is 22.4 Å². The maximum atomic E-state index is 13.8. The Hall–Kier alpha value is -2.59. The predicted octanol–water partition coefficient (Wildman–Crippen LogP) is 5.76. The number of para-hydroxylation sites is 1. The van der Waals surface area contributed by atoms with E-state index >= 15 is 0 Å². The molecule has 0 radical (unpaired) electrons. The first-order valence-corrected chi connectivity index (χ1v) is 10.5. The van der Waals surface area contributed by atoms with Crippen LogP contribution in [0.4, 0.5) is 24.7 Å². The van der Waals surface area contributed by atoms with Gasteiger partial charge in [-0.25, -0.2) is 4.68 Å². The van der Waals surface area contributed by atoms with E-state index in [0.29, 0.717) is 11.4 Å². The van der Waals surface area contributed by atoms with Crippen molar-refractivity contribution in [1.82, 2.24) is 9.78 Å². The lowest BCUT2D eigenvalue weighted by molar-refractivity contribution is -0.174. The molecule has 3 aromatic rings. The van der Waals surface area contributed by atoms with Gasteiger partial charge >= 0.3 is 6.18 Å². The maximum Gasteiger partial charge on any atom is 0.410 e. The van der Waals surface area contributed by atoms with Gasteiger partial charge in [-0.05, 0) is 30.5 Å². The number of halogens is 4. The molecule has 1 aliphatic rings. The number of anilines is 2. The summed E-state index contributed by atoms with van der Waals surface area (Å²) in [6, 6.07) is 7.52. The summed E-state index contributed by atoms with van der Waals surface area (Å²) in [5, 5.41) is 9.33. The molecular formula is C19H16ClF3N4O2S. The van der Waals surface area contributed by atoms with Gasteiger partial charge in [-0.2, -0.15) is 18.3 Å². The minimum atomic E-state index is -4.59. The number of hydrogen-bond acceptors (Lipinski definition) is 5. The summed E-state index contributed by atoms with van der Waals surface area (Å²) >= 11 is 7.73. The first-order chi connectivity index (χ1) is 14.3. The molecule has 0 saturated carbocycles. The zero-order valence-electron chi connectivity index (χ0n) is 15.5. The Morgan fingerprint density at radius 3 is 2.77 bits per heavy atom. The first kappa shape index (κ1) is 20.7. The molecule has 0 saturated heterocycles. The number of carbonyl (C=O) groups excluding carboxylic acids is 1. The summed E-state index contributed by atoms with van der Waals surface area (Å²) in [6.07, 6.45) is -1.70. The molecule has 0 aliphatic carbocycles. The molecule has 3 heterocycles. The Labute approximate surface area is 178 Å². The summed E-state index contributed by atoms with van der Waals surface area (Å²) in [7, 11) is 0. The highest BCUT2D eigenvalue weighted by Gasteiger charge is 2.48. The minimum Gasteiger partial charge on any atom is -0.467 e. The Kier molecular flexibility index (Phi) is 5.46. The fraction of sp³-hybridized carbons (Fsp3) is 0.263. The van der Waals surface area contributed by atoms with E-state index in [2.05, 4.69) is 15.7 Å². The van der Waals surface area contributed by atoms with Crippen molar-refractivity contribution in [3.8, 4) is 0 Å². The fourth-order valence-electron chi connectivity index (χ4n) is 3.34. The van der Waals surface area contributed by atoms with Gasteiger partial charge < -0.3 is 15.1 Å². The topological polar surface area (TPSA) is 72.1 Å². The number of carbonyl (C=O) groups is 1. The number of benzene rings is 1. The molecule has 0 spiro atoms. The summed E-state index contributed by atoms with van der Waals surface area (Å²) in [5.74, 6) is -0.428. The van der Waals surface area contributed by atoms with Crippen LogP contribution in [0, 0.1) is 0 Å². The molecule has 0 unspecified atom stereocenters. The van der Waals surface area contributed by atoms with Crippen LogP contribution in [0.5, 0.6) is 0 Å². The number of nitrogens with one attached hydrogen (secondary N) is 2. The number of rotatable bonds is 4. The molecule has 11 heteroatoms. The number of thioether (sulfide) groups is 1. The molecular weight excluding hydrogens is 441 g/mol. The van der Waals surface area contributed by atoms with Gasteiger partial charge in [0.15, 0.2) is 11.7 Å². The second kappa shape index (κ2) is 7.92. The van der Waals surface area contributed by atoms with Crippen LogP contribution in [0.25, 0.3) is 0 Å². The smallest absolute Gasteiger partial charge is 0.410 e. The molecule has 2 aromatic heterocycles. The number of amides is 1. The van der Waals surface area contributed by atoms with Crippen molar-refractivity contribution in [2.75, 3.05) is 16.9 Å².